The maximum atomic E-state index is 12.8. The van der Waals surface area contributed by atoms with Crippen LogP contribution >= 0.6 is 11.3 Å². The van der Waals surface area contributed by atoms with E-state index in [2.05, 4.69) is 15.6 Å². The third kappa shape index (κ3) is 3.34. The number of nitrogens with zero attached hydrogens (tertiary/aromatic N) is 2. The van der Waals surface area contributed by atoms with Gasteiger partial charge in [-0.1, -0.05) is 6.92 Å². The van der Waals surface area contributed by atoms with Crippen molar-refractivity contribution >= 4 is 33.6 Å². The van der Waals surface area contributed by atoms with E-state index in [4.69, 9.17) is 4.74 Å². The maximum absolute atomic E-state index is 12.8. The molecule has 1 atom stereocenters. The normalized spacial score (nSPS) is 17.2. The number of amides is 2. The number of carbonyl (C=O) groups is 2. The summed E-state index contributed by atoms with van der Waals surface area (Å²) in [6.07, 6.45) is 2.27. The summed E-state index contributed by atoms with van der Waals surface area (Å²) >= 11 is 1.49. The first-order valence-corrected chi connectivity index (χ1v) is 9.21. The molecule has 0 saturated heterocycles. The number of fused-ring (bicyclic) bond motifs is 1. The lowest BCUT2D eigenvalue weighted by Crippen LogP contribution is -2.50. The van der Waals surface area contributed by atoms with Gasteiger partial charge in [0.15, 0.2) is 0 Å². The van der Waals surface area contributed by atoms with Gasteiger partial charge >= 0.3 is 12.0 Å². The Labute approximate surface area is 153 Å². The van der Waals surface area contributed by atoms with Gasteiger partial charge in [0.05, 0.1) is 42.2 Å². The van der Waals surface area contributed by atoms with Crippen LogP contribution in [-0.2, 0) is 22.5 Å². The summed E-state index contributed by atoms with van der Waals surface area (Å²) in [5.41, 5.74) is 0.439. The summed E-state index contributed by atoms with van der Waals surface area (Å²) in [6, 6.07) is 0.903. The van der Waals surface area contributed by atoms with Crippen molar-refractivity contribution in [3.63, 3.8) is 0 Å². The highest BCUT2D eigenvalue weighted by Gasteiger charge is 2.30. The van der Waals surface area contributed by atoms with Crippen molar-refractivity contribution < 1.29 is 14.3 Å². The van der Waals surface area contributed by atoms with E-state index >= 15 is 0 Å². The summed E-state index contributed by atoms with van der Waals surface area (Å²) < 4.78 is 6.47. The fourth-order valence-corrected chi connectivity index (χ4v) is 3.80. The van der Waals surface area contributed by atoms with Crippen molar-refractivity contribution in [2.24, 2.45) is 0 Å². The lowest BCUT2D eigenvalue weighted by atomic mass is 10.0. The fraction of sp³-hybridized carbons (Fsp3) is 0.412. The van der Waals surface area contributed by atoms with Crippen LogP contribution < -0.4 is 16.2 Å². The Morgan fingerprint density at radius 2 is 2.15 bits per heavy atom. The second-order valence-electron chi connectivity index (χ2n) is 5.90. The Bertz CT molecular complexity index is 959. The van der Waals surface area contributed by atoms with Crippen LogP contribution in [0.15, 0.2) is 28.5 Å². The molecule has 8 nitrogen and oxygen atoms in total. The van der Waals surface area contributed by atoms with Crippen molar-refractivity contribution in [3.8, 4) is 0 Å². The van der Waals surface area contributed by atoms with E-state index in [-0.39, 0.29) is 18.7 Å². The molecule has 3 heterocycles. The molecule has 2 amide bonds. The third-order valence-corrected chi connectivity index (χ3v) is 5.30. The predicted octanol–water partition coefficient (Wildman–Crippen LogP) is 1.54. The highest BCUT2D eigenvalue weighted by Crippen LogP contribution is 2.21. The monoisotopic (exact) mass is 376 g/mol. The molecule has 0 bridgehead atoms. The number of allylic oxidation sites excluding steroid dienone is 1. The van der Waals surface area contributed by atoms with Crippen LogP contribution in [-0.4, -0.2) is 34.2 Å². The number of nitrogens with one attached hydrogen (secondary N) is 2. The van der Waals surface area contributed by atoms with E-state index in [1.165, 1.54) is 22.2 Å². The highest BCUT2D eigenvalue weighted by molar-refractivity contribution is 7.18. The number of hydrogen-bond acceptors (Lipinski definition) is 6. The molecule has 0 spiro atoms. The van der Waals surface area contributed by atoms with Crippen molar-refractivity contribution in [2.75, 3.05) is 6.61 Å². The first-order chi connectivity index (χ1) is 12.4. The van der Waals surface area contributed by atoms with Gasteiger partial charge in [0.1, 0.15) is 4.83 Å². The number of urea groups is 1. The Morgan fingerprint density at radius 1 is 1.38 bits per heavy atom. The van der Waals surface area contributed by atoms with Gasteiger partial charge in [-0.25, -0.2) is 14.6 Å². The number of thiophene rings is 1. The fourth-order valence-electron chi connectivity index (χ4n) is 2.87. The molecule has 0 radical (unpaired) electrons. The van der Waals surface area contributed by atoms with Gasteiger partial charge in [-0.3, -0.25) is 9.36 Å². The zero-order valence-electron chi connectivity index (χ0n) is 14.8. The second kappa shape index (κ2) is 7.28. The van der Waals surface area contributed by atoms with Gasteiger partial charge in [0.25, 0.3) is 5.56 Å². The van der Waals surface area contributed by atoms with Crippen LogP contribution in [0.3, 0.4) is 0 Å². The van der Waals surface area contributed by atoms with Gasteiger partial charge in [0, 0.05) is 4.88 Å². The van der Waals surface area contributed by atoms with Crippen LogP contribution in [0, 0.1) is 0 Å². The molecule has 2 N–H and O–H groups in total. The Kier molecular flexibility index (Phi) is 5.08. The van der Waals surface area contributed by atoms with Gasteiger partial charge < -0.3 is 15.4 Å². The topological polar surface area (TPSA) is 102 Å². The molecule has 0 aliphatic carbocycles. The van der Waals surface area contributed by atoms with Crippen molar-refractivity contribution in [2.45, 2.75) is 39.8 Å². The Hall–Kier alpha value is -2.68. The summed E-state index contributed by atoms with van der Waals surface area (Å²) in [6.45, 7) is 5.68. The molecule has 0 aromatic carbocycles. The predicted molar refractivity (Wildman–Crippen MR) is 98.0 cm³/mol. The third-order valence-electron chi connectivity index (χ3n) is 4.11. The minimum atomic E-state index is -0.520. The number of aromatic nitrogens is 2. The SMILES string of the molecule is CCOC(=O)C1=C(Cn2cnc3sc(CC)cc3c2=O)NC(=O)N[C@H]1C. The quantitative estimate of drug-likeness (QED) is 0.771. The van der Waals surface area contributed by atoms with Crippen molar-refractivity contribution in [3.05, 3.63) is 38.9 Å². The molecule has 9 heteroatoms. The van der Waals surface area contributed by atoms with Crippen LogP contribution in [0.4, 0.5) is 4.79 Å². The van der Waals surface area contributed by atoms with Gasteiger partial charge in [-0.15, -0.1) is 11.3 Å². The largest absolute Gasteiger partial charge is 0.463 e. The molecule has 0 fully saturated rings. The summed E-state index contributed by atoms with van der Waals surface area (Å²) in [4.78, 5) is 43.0. The highest BCUT2D eigenvalue weighted by atomic mass is 32.1. The van der Waals surface area contributed by atoms with E-state index in [1.54, 1.807) is 13.8 Å². The van der Waals surface area contributed by atoms with E-state index in [0.717, 1.165) is 11.3 Å². The van der Waals surface area contributed by atoms with E-state index in [0.29, 0.717) is 21.5 Å². The molecular weight excluding hydrogens is 356 g/mol. The van der Waals surface area contributed by atoms with E-state index < -0.39 is 18.0 Å². The van der Waals surface area contributed by atoms with Crippen molar-refractivity contribution in [1.29, 1.82) is 0 Å². The smallest absolute Gasteiger partial charge is 0.337 e. The van der Waals surface area contributed by atoms with Gasteiger partial charge in [0.2, 0.25) is 0 Å². The van der Waals surface area contributed by atoms with Gasteiger partial charge in [-0.05, 0) is 26.3 Å². The number of hydrogen-bond donors (Lipinski definition) is 2. The number of ether oxygens (including phenoxy) is 1. The molecule has 1 aliphatic heterocycles. The molecule has 0 unspecified atom stereocenters. The van der Waals surface area contributed by atoms with Crippen LogP contribution in [0.25, 0.3) is 10.2 Å². The minimum absolute atomic E-state index is 0.0327. The van der Waals surface area contributed by atoms with Crippen LogP contribution in [0.5, 0.6) is 0 Å². The summed E-state index contributed by atoms with van der Waals surface area (Å²) in [5, 5.41) is 5.79. The van der Waals surface area contributed by atoms with Crippen molar-refractivity contribution in [1.82, 2.24) is 20.2 Å². The molecule has 2 aromatic rings. The van der Waals surface area contributed by atoms with Crippen LogP contribution in [0.1, 0.15) is 25.6 Å². The van der Waals surface area contributed by atoms with Gasteiger partial charge in [-0.2, -0.15) is 0 Å². The molecule has 0 saturated carbocycles. The zero-order chi connectivity index (χ0) is 18.8. The number of esters is 1. The van der Waals surface area contributed by atoms with Crippen LogP contribution in [0.2, 0.25) is 0 Å². The molecule has 3 rings (SSSR count). The number of carbonyl (C=O) groups excluding carboxylic acids is 2. The molecule has 2 aromatic heterocycles. The lowest BCUT2D eigenvalue weighted by Gasteiger charge is -2.26. The molecule has 138 valence electrons. The molecular formula is C17H20N4O4S. The number of aryl methyl sites for hydroxylation is 1. The number of rotatable bonds is 5. The average Bonchev–Trinajstić information content (AvgIpc) is 3.01. The maximum Gasteiger partial charge on any atom is 0.337 e. The van der Waals surface area contributed by atoms with E-state index in [9.17, 15) is 14.4 Å². The zero-order valence-corrected chi connectivity index (χ0v) is 15.6. The molecule has 1 aliphatic rings. The Morgan fingerprint density at radius 3 is 2.85 bits per heavy atom. The summed E-state index contributed by atoms with van der Waals surface area (Å²) in [7, 11) is 0. The summed E-state index contributed by atoms with van der Waals surface area (Å²) in [5.74, 6) is -0.520. The standard InChI is InChI=1S/C17H20N4O4S/c1-4-10-6-11-14(26-10)18-8-21(15(11)22)7-12-13(16(23)25-5-2)9(3)19-17(24)20-12/h6,8-9H,4-5,7H2,1-3H3,(H2,19,20,24)/t9-/m0/s1. The average molecular weight is 376 g/mol. The first-order valence-electron chi connectivity index (χ1n) is 8.40. The Balaban J connectivity index is 2.04. The second-order valence-corrected chi connectivity index (χ2v) is 7.01. The first kappa shape index (κ1) is 18.1. The minimum Gasteiger partial charge on any atom is -0.463 e. The van der Waals surface area contributed by atoms with E-state index in [1.807, 2.05) is 13.0 Å². The molecule has 26 heavy (non-hydrogen) atoms. The lowest BCUT2D eigenvalue weighted by molar-refractivity contribution is -0.139.